The van der Waals surface area contributed by atoms with E-state index in [0.717, 1.165) is 28.7 Å². The number of hydrogen-bond acceptors (Lipinski definition) is 4. The first kappa shape index (κ1) is 14.0. The van der Waals surface area contributed by atoms with Gasteiger partial charge in [0.25, 0.3) is 0 Å². The van der Waals surface area contributed by atoms with Crippen molar-refractivity contribution in [2.45, 2.75) is 16.8 Å². The third kappa shape index (κ3) is 3.03. The minimum atomic E-state index is 0.538. The summed E-state index contributed by atoms with van der Waals surface area (Å²) in [5, 5.41) is 0.538. The van der Waals surface area contributed by atoms with Crippen molar-refractivity contribution in [2.75, 3.05) is 18.0 Å². The maximum Gasteiger partial charge on any atom is 0.226 e. The van der Waals surface area contributed by atoms with Crippen molar-refractivity contribution >= 4 is 40.1 Å². The number of hydrogen-bond donors (Lipinski definition) is 0. The molecule has 0 aromatic carbocycles. The third-order valence-corrected chi connectivity index (χ3v) is 4.87. The molecule has 0 unspecified atom stereocenters. The van der Waals surface area contributed by atoms with Gasteiger partial charge in [-0.05, 0) is 25.0 Å². The molecule has 0 aliphatic carbocycles. The smallest absolute Gasteiger partial charge is 0.226 e. The Bertz CT molecular complexity index is 585. The number of aromatic nitrogens is 3. The van der Waals surface area contributed by atoms with E-state index < -0.39 is 0 Å². The number of nitrogens with zero attached hydrogens (tertiary/aromatic N) is 4. The summed E-state index contributed by atoms with van der Waals surface area (Å²) in [4.78, 5) is 15.5. The number of pyridine rings is 1. The largest absolute Gasteiger partial charge is 0.341 e. The van der Waals surface area contributed by atoms with E-state index in [-0.39, 0.29) is 0 Å². The van der Waals surface area contributed by atoms with E-state index in [1.807, 2.05) is 18.2 Å². The fourth-order valence-electron chi connectivity index (χ4n) is 2.24. The zero-order chi connectivity index (χ0) is 13.9. The molecule has 0 saturated carbocycles. The van der Waals surface area contributed by atoms with Crippen LogP contribution in [-0.4, -0.2) is 32.0 Å². The molecule has 2 aromatic heterocycles. The van der Waals surface area contributed by atoms with Crippen molar-refractivity contribution < 1.29 is 0 Å². The van der Waals surface area contributed by atoms with Gasteiger partial charge in [0.2, 0.25) is 5.95 Å². The Labute approximate surface area is 136 Å². The van der Waals surface area contributed by atoms with Crippen LogP contribution in [0.5, 0.6) is 0 Å². The van der Waals surface area contributed by atoms with Gasteiger partial charge in [-0.2, -0.15) is 0 Å². The lowest BCUT2D eigenvalue weighted by Crippen LogP contribution is -2.35. The van der Waals surface area contributed by atoms with Crippen molar-refractivity contribution in [3.63, 3.8) is 0 Å². The molecule has 1 aliphatic heterocycles. The van der Waals surface area contributed by atoms with E-state index in [1.165, 1.54) is 12.8 Å². The Morgan fingerprint density at radius 1 is 1.20 bits per heavy atom. The summed E-state index contributed by atoms with van der Waals surface area (Å²) < 4.78 is 0.756. The molecule has 1 fully saturated rings. The van der Waals surface area contributed by atoms with Gasteiger partial charge in [0.15, 0.2) is 0 Å². The standard InChI is InChI=1S/C14H14ClIN4/c15-11-9-18-14(20-7-4-10(16)5-8-20)19-13(11)12-3-1-2-6-17-12/h1-3,6,9-10H,4-5,7-8H2. The highest BCUT2D eigenvalue weighted by molar-refractivity contribution is 14.1. The molecule has 3 heterocycles. The van der Waals surface area contributed by atoms with Gasteiger partial charge in [-0.15, -0.1) is 0 Å². The van der Waals surface area contributed by atoms with Gasteiger partial charge in [0, 0.05) is 23.2 Å². The zero-order valence-electron chi connectivity index (χ0n) is 10.8. The van der Waals surface area contributed by atoms with Crippen molar-refractivity contribution in [2.24, 2.45) is 0 Å². The summed E-state index contributed by atoms with van der Waals surface area (Å²) in [7, 11) is 0. The molecule has 0 spiro atoms. The van der Waals surface area contributed by atoms with Crippen LogP contribution in [0.4, 0.5) is 5.95 Å². The lowest BCUT2D eigenvalue weighted by molar-refractivity contribution is 0.594. The van der Waals surface area contributed by atoms with Crippen LogP contribution in [0.2, 0.25) is 5.02 Å². The Kier molecular flexibility index (Phi) is 4.35. The van der Waals surface area contributed by atoms with Crippen LogP contribution in [0, 0.1) is 0 Å². The molecule has 0 N–H and O–H groups in total. The summed E-state index contributed by atoms with van der Waals surface area (Å²) >= 11 is 8.72. The van der Waals surface area contributed by atoms with Gasteiger partial charge in [0.1, 0.15) is 5.69 Å². The quantitative estimate of drug-likeness (QED) is 0.571. The fraction of sp³-hybridized carbons (Fsp3) is 0.357. The molecule has 6 heteroatoms. The van der Waals surface area contributed by atoms with E-state index in [2.05, 4.69) is 42.4 Å². The first-order chi connectivity index (χ1) is 9.74. The van der Waals surface area contributed by atoms with Gasteiger partial charge in [-0.3, -0.25) is 4.98 Å². The van der Waals surface area contributed by atoms with Crippen molar-refractivity contribution in [1.29, 1.82) is 0 Å². The molecule has 0 radical (unpaired) electrons. The predicted molar refractivity (Wildman–Crippen MR) is 89.5 cm³/mol. The van der Waals surface area contributed by atoms with Crippen LogP contribution < -0.4 is 4.90 Å². The van der Waals surface area contributed by atoms with Gasteiger partial charge in [0.05, 0.1) is 16.9 Å². The number of rotatable bonds is 2. The maximum atomic E-state index is 6.21. The highest BCUT2D eigenvalue weighted by atomic mass is 127. The van der Waals surface area contributed by atoms with Gasteiger partial charge in [-0.25, -0.2) is 9.97 Å². The second-order valence-corrected chi connectivity index (χ2v) is 6.91. The second kappa shape index (κ2) is 6.22. The van der Waals surface area contributed by atoms with Crippen molar-refractivity contribution in [1.82, 2.24) is 15.0 Å². The van der Waals surface area contributed by atoms with Crippen molar-refractivity contribution in [3.8, 4) is 11.4 Å². The van der Waals surface area contributed by atoms with Gasteiger partial charge < -0.3 is 4.90 Å². The van der Waals surface area contributed by atoms with Crippen LogP contribution in [0.3, 0.4) is 0 Å². The highest BCUT2D eigenvalue weighted by Crippen LogP contribution is 2.27. The molecule has 4 nitrogen and oxygen atoms in total. The number of anilines is 1. The average Bonchev–Trinajstić information content (AvgIpc) is 2.50. The Balaban J connectivity index is 1.91. The van der Waals surface area contributed by atoms with E-state index in [9.17, 15) is 0 Å². The third-order valence-electron chi connectivity index (χ3n) is 3.35. The summed E-state index contributed by atoms with van der Waals surface area (Å²) in [5.41, 5.74) is 1.48. The number of alkyl halides is 1. The highest BCUT2D eigenvalue weighted by Gasteiger charge is 2.20. The minimum absolute atomic E-state index is 0.538. The fourth-order valence-corrected chi connectivity index (χ4v) is 2.99. The first-order valence-corrected chi connectivity index (χ1v) is 8.19. The van der Waals surface area contributed by atoms with Gasteiger partial charge in [-0.1, -0.05) is 40.3 Å². The molecule has 1 saturated heterocycles. The summed E-state index contributed by atoms with van der Waals surface area (Å²) in [6.45, 7) is 1.99. The predicted octanol–water partition coefficient (Wildman–Crippen LogP) is 3.60. The van der Waals surface area contributed by atoms with Crippen LogP contribution in [0.15, 0.2) is 30.6 Å². The van der Waals surface area contributed by atoms with E-state index >= 15 is 0 Å². The number of piperidine rings is 1. The molecule has 20 heavy (non-hydrogen) atoms. The Morgan fingerprint density at radius 3 is 2.70 bits per heavy atom. The molecule has 3 rings (SSSR count). The monoisotopic (exact) mass is 400 g/mol. The van der Waals surface area contributed by atoms with Crippen LogP contribution >= 0.6 is 34.2 Å². The molecule has 1 aliphatic rings. The summed E-state index contributed by atoms with van der Waals surface area (Å²) in [6, 6.07) is 5.72. The molecular weight excluding hydrogens is 387 g/mol. The minimum Gasteiger partial charge on any atom is -0.341 e. The normalized spacial score (nSPS) is 16.4. The van der Waals surface area contributed by atoms with E-state index in [4.69, 9.17) is 11.6 Å². The average molecular weight is 401 g/mol. The first-order valence-electron chi connectivity index (χ1n) is 6.57. The molecule has 104 valence electrons. The van der Waals surface area contributed by atoms with E-state index in [0.29, 0.717) is 10.7 Å². The lowest BCUT2D eigenvalue weighted by Gasteiger charge is -2.29. The second-order valence-electron chi connectivity index (χ2n) is 4.74. The summed E-state index contributed by atoms with van der Waals surface area (Å²) in [6.07, 6.45) is 5.76. The maximum absolute atomic E-state index is 6.21. The zero-order valence-corrected chi connectivity index (χ0v) is 13.8. The van der Waals surface area contributed by atoms with Crippen LogP contribution in [-0.2, 0) is 0 Å². The molecule has 0 amide bonds. The lowest BCUT2D eigenvalue weighted by atomic mass is 10.1. The van der Waals surface area contributed by atoms with Gasteiger partial charge >= 0.3 is 0 Å². The van der Waals surface area contributed by atoms with Crippen molar-refractivity contribution in [3.05, 3.63) is 35.6 Å². The van der Waals surface area contributed by atoms with Crippen LogP contribution in [0.25, 0.3) is 11.4 Å². The Hall–Kier alpha value is -0.950. The Morgan fingerprint density at radius 2 is 2.00 bits per heavy atom. The molecule has 0 atom stereocenters. The summed E-state index contributed by atoms with van der Waals surface area (Å²) in [5.74, 6) is 0.748. The SMILES string of the molecule is Clc1cnc(N2CCC(I)CC2)nc1-c1ccccn1. The molecule has 0 bridgehead atoms. The molecule has 2 aromatic rings. The van der Waals surface area contributed by atoms with Crippen LogP contribution in [0.1, 0.15) is 12.8 Å². The molecular formula is C14H14ClIN4. The topological polar surface area (TPSA) is 41.9 Å². The van der Waals surface area contributed by atoms with E-state index in [1.54, 1.807) is 12.4 Å². The number of halogens is 2.